The van der Waals surface area contributed by atoms with Crippen molar-refractivity contribution in [3.05, 3.63) is 101 Å². The zero-order valence-corrected chi connectivity index (χ0v) is 22.3. The lowest BCUT2D eigenvalue weighted by atomic mass is 9.98. The smallest absolute Gasteiger partial charge is 0.174 e. The van der Waals surface area contributed by atoms with Gasteiger partial charge in [0.15, 0.2) is 5.11 Å². The lowest BCUT2D eigenvalue weighted by Crippen LogP contribution is -2.33. The summed E-state index contributed by atoms with van der Waals surface area (Å²) >= 11 is 12.8. The van der Waals surface area contributed by atoms with Crippen molar-refractivity contribution < 1.29 is 4.42 Å². The van der Waals surface area contributed by atoms with Gasteiger partial charge in [-0.2, -0.15) is 0 Å². The second-order valence-electron chi connectivity index (χ2n) is 9.94. The molecule has 1 aromatic carbocycles. The molecule has 1 N–H and O–H groups in total. The first-order valence-electron chi connectivity index (χ1n) is 12.8. The molecule has 3 aromatic heterocycles. The molecule has 2 atom stereocenters. The maximum atomic E-state index is 6.92. The Bertz CT molecular complexity index is 1360. The van der Waals surface area contributed by atoms with E-state index in [1.807, 2.05) is 36.5 Å². The first-order valence-corrected chi connectivity index (χ1v) is 13.6. The molecule has 6 rings (SSSR count). The third-order valence-electron chi connectivity index (χ3n) is 7.51. The summed E-state index contributed by atoms with van der Waals surface area (Å²) in [5.74, 6) is 1.67. The van der Waals surface area contributed by atoms with Crippen molar-refractivity contribution in [2.24, 2.45) is 5.92 Å². The Morgan fingerprint density at radius 1 is 1.08 bits per heavy atom. The summed E-state index contributed by atoms with van der Waals surface area (Å²) in [4.78, 5) is 9.25. The van der Waals surface area contributed by atoms with E-state index in [-0.39, 0.29) is 12.1 Å². The van der Waals surface area contributed by atoms with E-state index in [2.05, 4.69) is 68.1 Å². The van der Waals surface area contributed by atoms with Gasteiger partial charge in [0.1, 0.15) is 11.8 Å². The number of nitrogens with zero attached hydrogens (tertiary/aromatic N) is 4. The van der Waals surface area contributed by atoms with Gasteiger partial charge in [0.05, 0.1) is 35.3 Å². The second-order valence-corrected chi connectivity index (χ2v) is 10.7. The lowest BCUT2D eigenvalue weighted by molar-refractivity contribution is 0.438. The van der Waals surface area contributed by atoms with E-state index in [9.17, 15) is 0 Å². The second kappa shape index (κ2) is 10.2. The summed E-state index contributed by atoms with van der Waals surface area (Å²) < 4.78 is 7.87. The van der Waals surface area contributed by atoms with Gasteiger partial charge in [0, 0.05) is 36.9 Å². The van der Waals surface area contributed by atoms with Gasteiger partial charge in [-0.1, -0.05) is 24.6 Å². The summed E-state index contributed by atoms with van der Waals surface area (Å²) in [7, 11) is 0. The predicted octanol–water partition coefficient (Wildman–Crippen LogP) is 6.59. The minimum atomic E-state index is -0.124. The predicted molar refractivity (Wildman–Crippen MR) is 152 cm³/mol. The number of hydrogen-bond acceptors (Lipinski definition) is 4. The summed E-state index contributed by atoms with van der Waals surface area (Å²) in [6.07, 6.45) is 8.00. The highest BCUT2D eigenvalue weighted by Gasteiger charge is 2.42. The van der Waals surface area contributed by atoms with E-state index >= 15 is 0 Å². The third kappa shape index (κ3) is 4.74. The van der Waals surface area contributed by atoms with E-state index in [0.717, 1.165) is 52.6 Å². The molecule has 0 radical (unpaired) electrons. The van der Waals surface area contributed by atoms with Crippen LogP contribution in [0.2, 0.25) is 5.02 Å². The molecule has 0 unspecified atom stereocenters. The molecule has 5 heterocycles. The topological polar surface area (TPSA) is 49.5 Å². The fraction of sp³-hybridized carbons (Fsp3) is 0.310. The Morgan fingerprint density at radius 2 is 1.95 bits per heavy atom. The van der Waals surface area contributed by atoms with E-state index < -0.39 is 0 Å². The van der Waals surface area contributed by atoms with E-state index in [0.29, 0.717) is 11.7 Å². The molecule has 2 aliphatic heterocycles. The molecule has 0 aliphatic carbocycles. The van der Waals surface area contributed by atoms with Gasteiger partial charge in [-0.25, -0.2) is 0 Å². The van der Waals surface area contributed by atoms with Crippen molar-refractivity contribution in [3.63, 3.8) is 0 Å². The van der Waals surface area contributed by atoms with Crippen LogP contribution in [0.3, 0.4) is 0 Å². The number of anilines is 2. The Labute approximate surface area is 227 Å². The van der Waals surface area contributed by atoms with Crippen LogP contribution in [0.4, 0.5) is 11.4 Å². The average molecular weight is 532 g/mol. The number of pyridine rings is 1. The summed E-state index contributed by atoms with van der Waals surface area (Å²) in [6.45, 7) is 5.03. The monoisotopic (exact) mass is 531 g/mol. The third-order valence-corrected chi connectivity index (χ3v) is 8.12. The van der Waals surface area contributed by atoms with Crippen molar-refractivity contribution in [2.75, 3.05) is 22.9 Å². The van der Waals surface area contributed by atoms with Crippen LogP contribution in [0.25, 0.3) is 0 Å². The lowest BCUT2D eigenvalue weighted by Gasteiger charge is -2.33. The van der Waals surface area contributed by atoms with Crippen LogP contribution < -0.4 is 15.1 Å². The molecule has 2 fully saturated rings. The maximum absolute atomic E-state index is 6.92. The number of rotatable bonds is 6. The van der Waals surface area contributed by atoms with Crippen molar-refractivity contribution in [2.45, 2.75) is 38.4 Å². The SMILES string of the molecule is CC1CCN(c2ccc(N3C(=S)N[C@H](c4ccccn4)[C@H]3c3cccn3Cc3ccco3)cc2Cl)CC1. The molecular weight excluding hydrogens is 502 g/mol. The van der Waals surface area contributed by atoms with Crippen LogP contribution in [-0.4, -0.2) is 27.8 Å². The van der Waals surface area contributed by atoms with E-state index in [4.69, 9.17) is 28.2 Å². The van der Waals surface area contributed by atoms with Gasteiger partial charge in [-0.05, 0) is 85.6 Å². The van der Waals surface area contributed by atoms with Gasteiger partial charge in [-0.3, -0.25) is 4.98 Å². The molecule has 190 valence electrons. The Balaban J connectivity index is 1.38. The van der Waals surface area contributed by atoms with Crippen molar-refractivity contribution in [1.82, 2.24) is 14.9 Å². The van der Waals surface area contributed by atoms with Crippen LogP contribution in [0.5, 0.6) is 0 Å². The molecule has 4 aromatic rings. The number of thiocarbonyl (C=S) groups is 1. The van der Waals surface area contributed by atoms with Gasteiger partial charge >= 0.3 is 0 Å². The zero-order valence-electron chi connectivity index (χ0n) is 20.8. The highest BCUT2D eigenvalue weighted by molar-refractivity contribution is 7.80. The van der Waals surface area contributed by atoms with Gasteiger partial charge in [0.2, 0.25) is 0 Å². The van der Waals surface area contributed by atoms with Crippen LogP contribution in [0.1, 0.15) is 49.0 Å². The number of nitrogens with one attached hydrogen (secondary N) is 1. The standard InChI is InChI=1S/C29H30ClN5OS/c1-20-11-15-33(16-12-20)25-10-9-21(18-23(25)30)35-28(27(32-29(35)37)24-7-2-3-13-31-24)26-8-4-14-34(26)19-22-6-5-17-36-22/h2-10,13-14,17-18,20,27-28H,11-12,15-16,19H2,1H3,(H,32,37)/t27-,28-/m1/s1. The fourth-order valence-corrected chi connectivity index (χ4v) is 6.14. The minimum Gasteiger partial charge on any atom is -0.467 e. The molecule has 2 aliphatic rings. The maximum Gasteiger partial charge on any atom is 0.174 e. The summed E-state index contributed by atoms with van der Waals surface area (Å²) in [5.41, 5.74) is 4.11. The van der Waals surface area contributed by atoms with Gasteiger partial charge in [0.25, 0.3) is 0 Å². The van der Waals surface area contributed by atoms with Crippen LogP contribution in [-0.2, 0) is 6.54 Å². The Hall–Kier alpha value is -3.29. The average Bonchev–Trinajstić information content (AvgIpc) is 3.66. The molecule has 0 amide bonds. The number of aromatic nitrogens is 2. The molecule has 6 nitrogen and oxygen atoms in total. The van der Waals surface area contributed by atoms with E-state index in [1.54, 1.807) is 6.26 Å². The highest BCUT2D eigenvalue weighted by Crippen LogP contribution is 2.43. The molecule has 0 saturated carbocycles. The Kier molecular flexibility index (Phi) is 6.65. The number of benzene rings is 1. The molecule has 0 bridgehead atoms. The quantitative estimate of drug-likeness (QED) is 0.283. The summed E-state index contributed by atoms with van der Waals surface area (Å²) in [6, 6.07) is 20.2. The van der Waals surface area contributed by atoms with Crippen molar-refractivity contribution >= 4 is 40.3 Å². The number of hydrogen-bond donors (Lipinski definition) is 1. The molecule has 8 heteroatoms. The van der Waals surface area contributed by atoms with Crippen LogP contribution >= 0.6 is 23.8 Å². The molecule has 0 spiro atoms. The zero-order chi connectivity index (χ0) is 25.4. The number of piperidine rings is 1. The van der Waals surface area contributed by atoms with Gasteiger partial charge < -0.3 is 24.1 Å². The van der Waals surface area contributed by atoms with Crippen LogP contribution in [0.15, 0.2) is 83.7 Å². The Morgan fingerprint density at radius 3 is 2.68 bits per heavy atom. The highest BCUT2D eigenvalue weighted by atomic mass is 35.5. The van der Waals surface area contributed by atoms with Crippen LogP contribution in [0, 0.1) is 5.92 Å². The largest absolute Gasteiger partial charge is 0.467 e. The summed E-state index contributed by atoms with van der Waals surface area (Å²) in [5, 5.41) is 4.96. The van der Waals surface area contributed by atoms with Crippen molar-refractivity contribution in [1.29, 1.82) is 0 Å². The molecule has 2 saturated heterocycles. The minimum absolute atomic E-state index is 0.120. The first-order chi connectivity index (χ1) is 18.1. The normalized spacial score (nSPS) is 20.4. The fourth-order valence-electron chi connectivity index (χ4n) is 5.50. The van der Waals surface area contributed by atoms with Crippen molar-refractivity contribution in [3.8, 4) is 0 Å². The number of furan rings is 1. The molecular formula is C29H30ClN5OS. The number of halogens is 1. The van der Waals surface area contributed by atoms with E-state index in [1.165, 1.54) is 12.8 Å². The first kappa shape index (κ1) is 24.1. The van der Waals surface area contributed by atoms with Gasteiger partial charge in [-0.15, -0.1) is 0 Å². The molecule has 37 heavy (non-hydrogen) atoms.